The summed E-state index contributed by atoms with van der Waals surface area (Å²) in [4.78, 5) is 7.01. The molecule has 54 valence electrons. The first kappa shape index (κ1) is 8.50. The van der Waals surface area contributed by atoms with Crippen molar-refractivity contribution in [2.75, 3.05) is 0 Å². The zero-order valence-electron chi connectivity index (χ0n) is 4.31. The molecule has 0 amide bonds. The summed E-state index contributed by atoms with van der Waals surface area (Å²) in [7, 11) is -4.66. The van der Waals surface area contributed by atoms with Crippen molar-refractivity contribution in [1.82, 2.24) is 0 Å². The van der Waals surface area contributed by atoms with E-state index in [1.165, 1.54) is 0 Å². The number of hydrogen-bond donors (Lipinski definition) is 3. The normalized spacial score (nSPS) is 13.2. The average Bonchev–Trinajstić information content (AvgIpc) is 1.64. The van der Waals surface area contributed by atoms with Crippen LogP contribution in [0.4, 0.5) is 0 Å². The van der Waals surface area contributed by atoms with Crippen LogP contribution in [0.1, 0.15) is 0 Å². The van der Waals surface area contributed by atoms with E-state index in [4.69, 9.17) is 4.55 Å². The summed E-state index contributed by atoms with van der Waals surface area (Å²) in [5, 5.41) is 0. The van der Waals surface area contributed by atoms with Crippen molar-refractivity contribution in [3.63, 3.8) is 0 Å². The first-order valence-corrected chi connectivity index (χ1v) is 3.26. The maximum atomic E-state index is 9.96. The molecule has 0 unspecified atom stereocenters. The van der Waals surface area contributed by atoms with Crippen molar-refractivity contribution in [2.24, 2.45) is 11.5 Å². The third-order valence-electron chi connectivity index (χ3n) is 0.631. The quantitative estimate of drug-likeness (QED) is 0.232. The number of carbonyl (C=O) groups is 1. The molecule has 0 radical (unpaired) electrons. The van der Waals surface area contributed by atoms with Gasteiger partial charge in [-0.1, -0.05) is 0 Å². The molecule has 0 bridgehead atoms. The van der Waals surface area contributed by atoms with Gasteiger partial charge in [0.25, 0.3) is 4.99 Å². The molecule has 0 spiro atoms. The summed E-state index contributed by atoms with van der Waals surface area (Å²) in [6.07, 6.45) is -0.262. The van der Waals surface area contributed by atoms with Gasteiger partial charge >= 0.3 is 10.1 Å². The SMILES string of the molecule is NC(N)(C=O)S(=O)(=O)O. The molecule has 6 nitrogen and oxygen atoms in total. The van der Waals surface area contributed by atoms with Gasteiger partial charge in [0.2, 0.25) is 0 Å². The van der Waals surface area contributed by atoms with Crippen molar-refractivity contribution < 1.29 is 17.8 Å². The molecule has 7 heteroatoms. The van der Waals surface area contributed by atoms with Gasteiger partial charge in [0, 0.05) is 0 Å². The molecule has 0 rings (SSSR count). The van der Waals surface area contributed by atoms with Gasteiger partial charge < -0.3 is 0 Å². The van der Waals surface area contributed by atoms with Crippen molar-refractivity contribution in [1.29, 1.82) is 0 Å². The van der Waals surface area contributed by atoms with Crippen molar-refractivity contribution >= 4 is 16.4 Å². The molecule has 0 aromatic heterocycles. The van der Waals surface area contributed by atoms with Gasteiger partial charge in [-0.3, -0.25) is 20.8 Å². The molecule has 0 aromatic rings. The van der Waals surface area contributed by atoms with Crippen LogP contribution in [0.25, 0.3) is 0 Å². The first-order chi connectivity index (χ1) is 3.81. The third kappa shape index (κ3) is 1.72. The topological polar surface area (TPSA) is 123 Å². The van der Waals surface area contributed by atoms with E-state index in [9.17, 15) is 13.2 Å². The monoisotopic (exact) mass is 154 g/mol. The highest BCUT2D eigenvalue weighted by atomic mass is 32.2. The predicted octanol–water partition coefficient (Wildman–Crippen LogP) is -2.36. The lowest BCUT2D eigenvalue weighted by Gasteiger charge is -2.10. The predicted molar refractivity (Wildman–Crippen MR) is 28.7 cm³/mol. The van der Waals surface area contributed by atoms with Gasteiger partial charge in [0.05, 0.1) is 0 Å². The van der Waals surface area contributed by atoms with Crippen LogP contribution in [-0.2, 0) is 14.9 Å². The second kappa shape index (κ2) is 2.03. The molecule has 9 heavy (non-hydrogen) atoms. The van der Waals surface area contributed by atoms with Gasteiger partial charge in [0.15, 0.2) is 6.29 Å². The van der Waals surface area contributed by atoms with Crippen LogP contribution in [-0.4, -0.2) is 24.3 Å². The molecule has 0 atom stereocenters. The van der Waals surface area contributed by atoms with Crippen LogP contribution in [0.5, 0.6) is 0 Å². The van der Waals surface area contributed by atoms with Crippen LogP contribution < -0.4 is 11.5 Å². The second-order valence-corrected chi connectivity index (χ2v) is 3.10. The summed E-state index contributed by atoms with van der Waals surface area (Å²) in [6.45, 7) is 0. The molecular weight excluding hydrogens is 148 g/mol. The first-order valence-electron chi connectivity index (χ1n) is 1.82. The second-order valence-electron chi connectivity index (χ2n) is 1.45. The van der Waals surface area contributed by atoms with E-state index in [-0.39, 0.29) is 6.29 Å². The molecule has 0 fully saturated rings. The molecule has 0 aliphatic heterocycles. The number of carbonyl (C=O) groups excluding carboxylic acids is 1. The average molecular weight is 154 g/mol. The zero-order chi connectivity index (χ0) is 7.71. The highest BCUT2D eigenvalue weighted by Gasteiger charge is 2.33. The summed E-state index contributed by atoms with van der Waals surface area (Å²) >= 11 is 0. The zero-order valence-corrected chi connectivity index (χ0v) is 5.13. The maximum absolute atomic E-state index is 9.96. The lowest BCUT2D eigenvalue weighted by Crippen LogP contribution is -2.57. The fourth-order valence-electron chi connectivity index (χ4n) is 0.0608. The van der Waals surface area contributed by atoms with Crippen molar-refractivity contribution in [3.05, 3.63) is 0 Å². The van der Waals surface area contributed by atoms with Crippen LogP contribution in [0.15, 0.2) is 0 Å². The molecule has 0 heterocycles. The van der Waals surface area contributed by atoms with E-state index in [1.807, 2.05) is 0 Å². The van der Waals surface area contributed by atoms with E-state index < -0.39 is 15.1 Å². The Labute approximate surface area is 51.6 Å². The number of hydrogen-bond acceptors (Lipinski definition) is 5. The minimum atomic E-state index is -4.66. The Morgan fingerprint density at radius 1 is 1.44 bits per heavy atom. The van der Waals surface area contributed by atoms with Crippen LogP contribution in [0.2, 0.25) is 0 Å². The minimum Gasteiger partial charge on any atom is -0.298 e. The number of rotatable bonds is 2. The van der Waals surface area contributed by atoms with E-state index >= 15 is 0 Å². The number of aldehydes is 1. The third-order valence-corrected chi connectivity index (χ3v) is 1.62. The number of nitrogens with two attached hydrogens (primary N) is 2. The Bertz CT molecular complexity index is 205. The van der Waals surface area contributed by atoms with Gasteiger partial charge in [0.1, 0.15) is 0 Å². The fourth-order valence-corrected chi connectivity index (χ4v) is 0.182. The molecule has 0 saturated carbocycles. The summed E-state index contributed by atoms with van der Waals surface area (Å²) in [5.74, 6) is 0. The Kier molecular flexibility index (Phi) is 1.92. The standard InChI is InChI=1S/C2H6N2O4S/c3-2(4,1-5)9(6,7)8/h1H,3-4H2,(H,6,7,8). The summed E-state index contributed by atoms with van der Waals surface area (Å²) in [6, 6.07) is 0. The van der Waals surface area contributed by atoms with Crippen LogP contribution in [0, 0.1) is 0 Å². The Hall–Kier alpha value is -0.500. The smallest absolute Gasteiger partial charge is 0.298 e. The van der Waals surface area contributed by atoms with Crippen LogP contribution in [0.3, 0.4) is 0 Å². The Balaban J connectivity index is 4.77. The molecule has 0 aliphatic rings. The molecule has 0 saturated heterocycles. The highest BCUT2D eigenvalue weighted by Crippen LogP contribution is 1.94. The summed E-state index contributed by atoms with van der Waals surface area (Å²) in [5.41, 5.74) is 9.13. The molecule has 0 aromatic carbocycles. The van der Waals surface area contributed by atoms with Gasteiger partial charge in [-0.25, -0.2) is 0 Å². The fraction of sp³-hybridized carbons (Fsp3) is 0.500. The van der Waals surface area contributed by atoms with Gasteiger partial charge in [-0.15, -0.1) is 0 Å². The van der Waals surface area contributed by atoms with Crippen molar-refractivity contribution in [3.8, 4) is 0 Å². The lowest BCUT2D eigenvalue weighted by molar-refractivity contribution is -0.109. The van der Waals surface area contributed by atoms with Crippen molar-refractivity contribution in [2.45, 2.75) is 4.99 Å². The van der Waals surface area contributed by atoms with E-state index in [2.05, 4.69) is 11.5 Å². The van der Waals surface area contributed by atoms with Gasteiger partial charge in [-0.05, 0) is 0 Å². The van der Waals surface area contributed by atoms with E-state index in [0.29, 0.717) is 0 Å². The molecule has 5 N–H and O–H groups in total. The van der Waals surface area contributed by atoms with Crippen LogP contribution >= 0.6 is 0 Å². The Morgan fingerprint density at radius 3 is 1.78 bits per heavy atom. The lowest BCUT2D eigenvalue weighted by atomic mass is 10.6. The van der Waals surface area contributed by atoms with E-state index in [1.54, 1.807) is 0 Å². The highest BCUT2D eigenvalue weighted by molar-refractivity contribution is 7.87. The minimum absolute atomic E-state index is 0.262. The molecule has 0 aliphatic carbocycles. The van der Waals surface area contributed by atoms with Gasteiger partial charge in [-0.2, -0.15) is 8.42 Å². The summed E-state index contributed by atoms with van der Waals surface area (Å²) < 4.78 is 28.0. The maximum Gasteiger partial charge on any atom is 0.305 e. The Morgan fingerprint density at radius 2 is 1.78 bits per heavy atom. The van der Waals surface area contributed by atoms with E-state index in [0.717, 1.165) is 0 Å². The largest absolute Gasteiger partial charge is 0.305 e. The molecular formula is C2H6N2O4S.